The molecule has 0 bridgehead atoms. The van der Waals surface area contributed by atoms with Crippen molar-refractivity contribution in [2.75, 3.05) is 30.7 Å². The molecule has 1 aliphatic heterocycles. The standard InChI is InChI=1S/C13H19N3O3S/c1-16(20(2,18)19)12-5-3-10(4-6-12)13(17)15-11-7-8-14-9-11/h3-6,11,14H,7-9H2,1-2H3,(H,15,17)/t11-/m0/s1. The Kier molecular flexibility index (Phi) is 4.29. The van der Waals surface area contributed by atoms with Crippen molar-refractivity contribution in [1.29, 1.82) is 0 Å². The van der Waals surface area contributed by atoms with Crippen molar-refractivity contribution in [1.82, 2.24) is 10.6 Å². The first kappa shape index (κ1) is 14.8. The monoisotopic (exact) mass is 297 g/mol. The van der Waals surface area contributed by atoms with Crippen molar-refractivity contribution in [3.05, 3.63) is 29.8 Å². The number of amides is 1. The maximum atomic E-state index is 12.0. The van der Waals surface area contributed by atoms with Gasteiger partial charge in [-0.2, -0.15) is 0 Å². The van der Waals surface area contributed by atoms with Crippen molar-refractivity contribution in [3.63, 3.8) is 0 Å². The Morgan fingerprint density at radius 2 is 2.00 bits per heavy atom. The number of nitrogens with one attached hydrogen (secondary N) is 2. The average molecular weight is 297 g/mol. The van der Waals surface area contributed by atoms with Gasteiger partial charge in [0, 0.05) is 25.2 Å². The topological polar surface area (TPSA) is 78.5 Å². The van der Waals surface area contributed by atoms with Crippen molar-refractivity contribution in [2.45, 2.75) is 12.5 Å². The molecule has 1 aliphatic rings. The van der Waals surface area contributed by atoms with Crippen molar-refractivity contribution >= 4 is 21.6 Å². The van der Waals surface area contributed by atoms with Gasteiger partial charge in [0.25, 0.3) is 5.91 Å². The molecule has 0 saturated carbocycles. The maximum absolute atomic E-state index is 12.0. The molecule has 1 saturated heterocycles. The van der Waals surface area contributed by atoms with Gasteiger partial charge in [-0.25, -0.2) is 8.42 Å². The van der Waals surface area contributed by atoms with Crippen LogP contribution in [0.25, 0.3) is 0 Å². The van der Waals surface area contributed by atoms with E-state index in [4.69, 9.17) is 0 Å². The van der Waals surface area contributed by atoms with Gasteiger partial charge >= 0.3 is 0 Å². The Morgan fingerprint density at radius 3 is 2.50 bits per heavy atom. The Labute approximate surface area is 119 Å². The molecule has 0 aromatic heterocycles. The number of anilines is 1. The van der Waals surface area contributed by atoms with Crippen LogP contribution in [0.1, 0.15) is 16.8 Å². The average Bonchev–Trinajstić information content (AvgIpc) is 2.90. The molecule has 1 aromatic rings. The third kappa shape index (κ3) is 3.49. The molecule has 1 aromatic carbocycles. The van der Waals surface area contributed by atoms with E-state index in [9.17, 15) is 13.2 Å². The molecule has 0 unspecified atom stereocenters. The van der Waals surface area contributed by atoms with Gasteiger partial charge < -0.3 is 10.6 Å². The third-order valence-electron chi connectivity index (χ3n) is 3.39. The van der Waals surface area contributed by atoms with E-state index < -0.39 is 10.0 Å². The van der Waals surface area contributed by atoms with Crippen LogP contribution in [-0.2, 0) is 10.0 Å². The lowest BCUT2D eigenvalue weighted by atomic mass is 10.1. The van der Waals surface area contributed by atoms with E-state index in [0.717, 1.165) is 25.8 Å². The zero-order valence-electron chi connectivity index (χ0n) is 11.6. The normalized spacial score (nSPS) is 18.8. The van der Waals surface area contributed by atoms with Crippen LogP contribution in [-0.4, -0.2) is 46.8 Å². The minimum atomic E-state index is -3.28. The van der Waals surface area contributed by atoms with E-state index in [2.05, 4.69) is 10.6 Å². The predicted molar refractivity (Wildman–Crippen MR) is 78.4 cm³/mol. The maximum Gasteiger partial charge on any atom is 0.251 e. The summed E-state index contributed by atoms with van der Waals surface area (Å²) in [6.07, 6.45) is 2.07. The number of hydrogen-bond donors (Lipinski definition) is 2. The molecule has 1 heterocycles. The van der Waals surface area contributed by atoms with Crippen LogP contribution in [0.4, 0.5) is 5.69 Å². The number of benzene rings is 1. The quantitative estimate of drug-likeness (QED) is 0.830. The van der Waals surface area contributed by atoms with Crippen LogP contribution in [0, 0.1) is 0 Å². The molecule has 1 atom stereocenters. The van der Waals surface area contributed by atoms with E-state index in [1.807, 2.05) is 0 Å². The molecule has 1 fully saturated rings. The molecule has 20 heavy (non-hydrogen) atoms. The summed E-state index contributed by atoms with van der Waals surface area (Å²) in [6.45, 7) is 1.71. The van der Waals surface area contributed by atoms with E-state index in [1.165, 1.54) is 11.4 Å². The van der Waals surface area contributed by atoms with Gasteiger partial charge in [-0.15, -0.1) is 0 Å². The Hall–Kier alpha value is -1.60. The molecule has 2 N–H and O–H groups in total. The van der Waals surface area contributed by atoms with Gasteiger partial charge in [-0.05, 0) is 37.2 Å². The van der Waals surface area contributed by atoms with Crippen LogP contribution in [0.3, 0.4) is 0 Å². The molecular weight excluding hydrogens is 278 g/mol. The number of carbonyl (C=O) groups excluding carboxylic acids is 1. The fraction of sp³-hybridized carbons (Fsp3) is 0.462. The molecule has 0 aliphatic carbocycles. The zero-order valence-corrected chi connectivity index (χ0v) is 12.4. The minimum Gasteiger partial charge on any atom is -0.348 e. The number of rotatable bonds is 4. The minimum absolute atomic E-state index is 0.132. The highest BCUT2D eigenvalue weighted by molar-refractivity contribution is 7.92. The Balaban J connectivity index is 2.05. The Bertz CT molecular complexity index is 577. The van der Waals surface area contributed by atoms with Crippen LogP contribution in [0.5, 0.6) is 0 Å². The Morgan fingerprint density at radius 1 is 1.35 bits per heavy atom. The summed E-state index contributed by atoms with van der Waals surface area (Å²) in [5.74, 6) is -0.132. The van der Waals surface area contributed by atoms with E-state index in [1.54, 1.807) is 24.3 Å². The van der Waals surface area contributed by atoms with Gasteiger partial charge in [-0.1, -0.05) is 0 Å². The molecule has 0 spiro atoms. The summed E-state index contributed by atoms with van der Waals surface area (Å²) in [5, 5.41) is 6.12. The lowest BCUT2D eigenvalue weighted by Crippen LogP contribution is -2.36. The number of carbonyl (C=O) groups is 1. The fourth-order valence-electron chi connectivity index (χ4n) is 2.06. The van der Waals surface area contributed by atoms with Gasteiger partial charge in [0.15, 0.2) is 0 Å². The van der Waals surface area contributed by atoms with E-state index in [0.29, 0.717) is 11.3 Å². The highest BCUT2D eigenvalue weighted by Gasteiger charge is 2.18. The number of hydrogen-bond acceptors (Lipinski definition) is 4. The van der Waals surface area contributed by atoms with Crippen molar-refractivity contribution < 1.29 is 13.2 Å². The summed E-state index contributed by atoms with van der Waals surface area (Å²) in [7, 11) is -1.80. The van der Waals surface area contributed by atoms with Crippen LogP contribution in [0.15, 0.2) is 24.3 Å². The molecule has 1 amide bonds. The lowest BCUT2D eigenvalue weighted by Gasteiger charge is -2.17. The molecular formula is C13H19N3O3S. The van der Waals surface area contributed by atoms with E-state index in [-0.39, 0.29) is 11.9 Å². The van der Waals surface area contributed by atoms with Crippen LogP contribution < -0.4 is 14.9 Å². The van der Waals surface area contributed by atoms with Gasteiger partial charge in [-0.3, -0.25) is 9.10 Å². The SMILES string of the molecule is CN(c1ccc(C(=O)N[C@H]2CCNC2)cc1)S(C)(=O)=O. The van der Waals surface area contributed by atoms with E-state index >= 15 is 0 Å². The zero-order chi connectivity index (χ0) is 14.8. The summed E-state index contributed by atoms with van der Waals surface area (Å²) in [6, 6.07) is 6.69. The highest BCUT2D eigenvalue weighted by Crippen LogP contribution is 2.16. The second-order valence-electron chi connectivity index (χ2n) is 4.94. The lowest BCUT2D eigenvalue weighted by molar-refractivity contribution is 0.0940. The number of sulfonamides is 1. The third-order valence-corrected chi connectivity index (χ3v) is 4.59. The summed E-state index contributed by atoms with van der Waals surface area (Å²) in [4.78, 5) is 12.0. The van der Waals surface area contributed by atoms with Gasteiger partial charge in [0.2, 0.25) is 10.0 Å². The van der Waals surface area contributed by atoms with Crippen molar-refractivity contribution in [3.8, 4) is 0 Å². The molecule has 7 heteroatoms. The second kappa shape index (κ2) is 5.80. The summed E-state index contributed by atoms with van der Waals surface area (Å²) in [5.41, 5.74) is 1.06. The molecule has 6 nitrogen and oxygen atoms in total. The van der Waals surface area contributed by atoms with Gasteiger partial charge in [0.1, 0.15) is 0 Å². The molecule has 2 rings (SSSR count). The molecule has 0 radical (unpaired) electrons. The van der Waals surface area contributed by atoms with Gasteiger partial charge in [0.05, 0.1) is 11.9 Å². The smallest absolute Gasteiger partial charge is 0.251 e. The first-order chi connectivity index (χ1) is 9.38. The highest BCUT2D eigenvalue weighted by atomic mass is 32.2. The van der Waals surface area contributed by atoms with Crippen LogP contribution >= 0.6 is 0 Å². The summed E-state index contributed by atoms with van der Waals surface area (Å²) < 4.78 is 24.0. The predicted octanol–water partition coefficient (Wildman–Crippen LogP) is 0.174. The first-order valence-electron chi connectivity index (χ1n) is 6.43. The summed E-state index contributed by atoms with van der Waals surface area (Å²) >= 11 is 0. The van der Waals surface area contributed by atoms with Crippen LogP contribution in [0.2, 0.25) is 0 Å². The second-order valence-corrected chi connectivity index (χ2v) is 6.95. The largest absolute Gasteiger partial charge is 0.348 e. The van der Waals surface area contributed by atoms with Crippen molar-refractivity contribution in [2.24, 2.45) is 0 Å². The molecule has 110 valence electrons. The first-order valence-corrected chi connectivity index (χ1v) is 8.28. The number of nitrogens with zero attached hydrogens (tertiary/aromatic N) is 1. The fourth-order valence-corrected chi connectivity index (χ4v) is 2.57.